The summed E-state index contributed by atoms with van der Waals surface area (Å²) in [6.07, 6.45) is 7.99. The van der Waals surface area contributed by atoms with Gasteiger partial charge in [0.1, 0.15) is 0 Å². The fourth-order valence-electron chi connectivity index (χ4n) is 1.27. The summed E-state index contributed by atoms with van der Waals surface area (Å²) in [5.41, 5.74) is -0.277. The van der Waals surface area contributed by atoms with Gasteiger partial charge < -0.3 is 4.74 Å². The molecule has 0 amide bonds. The maximum atomic E-state index is 10.8. The fraction of sp³-hybridized carbons (Fsp3) is 0.750. The lowest BCUT2D eigenvalue weighted by molar-refractivity contribution is -0.112. The maximum absolute atomic E-state index is 10.8. The van der Waals surface area contributed by atoms with Gasteiger partial charge in [0.05, 0.1) is 5.60 Å². The molecule has 0 aliphatic carbocycles. The molecule has 14 heavy (non-hydrogen) atoms. The first-order valence-electron chi connectivity index (χ1n) is 5.29. The van der Waals surface area contributed by atoms with Crippen molar-refractivity contribution >= 4 is 5.78 Å². The van der Waals surface area contributed by atoms with Gasteiger partial charge in [-0.3, -0.25) is 4.79 Å². The second kappa shape index (κ2) is 6.77. The Bertz CT molecular complexity index is 196. The van der Waals surface area contributed by atoms with E-state index in [1.165, 1.54) is 12.8 Å². The van der Waals surface area contributed by atoms with E-state index in [2.05, 4.69) is 6.92 Å². The van der Waals surface area contributed by atoms with Crippen molar-refractivity contribution in [3.05, 3.63) is 12.2 Å². The summed E-state index contributed by atoms with van der Waals surface area (Å²) in [5.74, 6) is 0.0729. The molecule has 0 aliphatic rings. The molecular weight excluding hydrogens is 176 g/mol. The van der Waals surface area contributed by atoms with Crippen molar-refractivity contribution in [1.29, 1.82) is 0 Å². The van der Waals surface area contributed by atoms with Crippen LogP contribution in [0.4, 0.5) is 0 Å². The van der Waals surface area contributed by atoms with Crippen LogP contribution >= 0.6 is 0 Å². The Labute approximate surface area is 87.3 Å². The SMILES string of the molecule is CCCCCC(C)(/C=C/C(C)=O)OC. The topological polar surface area (TPSA) is 26.3 Å². The summed E-state index contributed by atoms with van der Waals surface area (Å²) in [7, 11) is 1.69. The van der Waals surface area contributed by atoms with E-state index in [-0.39, 0.29) is 11.4 Å². The molecule has 0 spiro atoms. The minimum atomic E-state index is -0.277. The van der Waals surface area contributed by atoms with E-state index in [4.69, 9.17) is 4.74 Å². The van der Waals surface area contributed by atoms with Crippen LogP contribution < -0.4 is 0 Å². The Balaban J connectivity index is 4.10. The lowest BCUT2D eigenvalue weighted by Gasteiger charge is -2.24. The molecule has 0 radical (unpaired) electrons. The van der Waals surface area contributed by atoms with Crippen LogP contribution in [-0.4, -0.2) is 18.5 Å². The smallest absolute Gasteiger partial charge is 0.152 e. The number of methoxy groups -OCH3 is 1. The third-order valence-electron chi connectivity index (χ3n) is 2.41. The van der Waals surface area contributed by atoms with E-state index in [9.17, 15) is 4.79 Å². The molecule has 0 fully saturated rings. The van der Waals surface area contributed by atoms with E-state index >= 15 is 0 Å². The highest BCUT2D eigenvalue weighted by Crippen LogP contribution is 2.20. The zero-order chi connectivity index (χ0) is 11.0. The Morgan fingerprint density at radius 2 is 2.07 bits per heavy atom. The average molecular weight is 198 g/mol. The summed E-state index contributed by atoms with van der Waals surface area (Å²) < 4.78 is 5.40. The van der Waals surface area contributed by atoms with E-state index in [0.29, 0.717) is 0 Å². The summed E-state index contributed by atoms with van der Waals surface area (Å²) in [6.45, 7) is 5.75. The average Bonchev–Trinajstić information content (AvgIpc) is 2.15. The summed E-state index contributed by atoms with van der Waals surface area (Å²) in [6, 6.07) is 0. The van der Waals surface area contributed by atoms with Crippen molar-refractivity contribution in [2.45, 2.75) is 52.1 Å². The monoisotopic (exact) mass is 198 g/mol. The molecule has 0 rings (SSSR count). The first kappa shape index (κ1) is 13.4. The van der Waals surface area contributed by atoms with E-state index in [0.717, 1.165) is 12.8 Å². The Morgan fingerprint density at radius 1 is 1.43 bits per heavy atom. The molecule has 0 saturated heterocycles. The molecule has 1 atom stereocenters. The van der Waals surface area contributed by atoms with Crippen molar-refractivity contribution in [3.63, 3.8) is 0 Å². The zero-order valence-electron chi connectivity index (χ0n) is 9.80. The van der Waals surface area contributed by atoms with Crippen molar-refractivity contribution < 1.29 is 9.53 Å². The minimum Gasteiger partial charge on any atom is -0.374 e. The lowest BCUT2D eigenvalue weighted by atomic mass is 9.97. The number of rotatable bonds is 7. The van der Waals surface area contributed by atoms with Gasteiger partial charge in [0.15, 0.2) is 5.78 Å². The summed E-state index contributed by atoms with van der Waals surface area (Å²) >= 11 is 0. The van der Waals surface area contributed by atoms with Gasteiger partial charge in [0, 0.05) is 7.11 Å². The lowest BCUT2D eigenvalue weighted by Crippen LogP contribution is -2.24. The van der Waals surface area contributed by atoms with Crippen molar-refractivity contribution in [2.24, 2.45) is 0 Å². The number of hydrogen-bond donors (Lipinski definition) is 0. The second-order valence-corrected chi connectivity index (χ2v) is 3.92. The molecule has 2 nitrogen and oxygen atoms in total. The minimum absolute atomic E-state index is 0.0729. The van der Waals surface area contributed by atoms with Gasteiger partial charge >= 0.3 is 0 Å². The number of carbonyl (C=O) groups is 1. The number of ketones is 1. The molecular formula is C12H22O2. The molecule has 0 aromatic carbocycles. The molecule has 0 aromatic heterocycles. The van der Waals surface area contributed by atoms with Gasteiger partial charge in [-0.25, -0.2) is 0 Å². The van der Waals surface area contributed by atoms with Crippen molar-refractivity contribution in [3.8, 4) is 0 Å². The first-order chi connectivity index (χ1) is 6.54. The van der Waals surface area contributed by atoms with Gasteiger partial charge in [-0.05, 0) is 32.4 Å². The molecule has 0 heterocycles. The molecule has 0 aromatic rings. The molecule has 0 aliphatic heterocycles. The Hall–Kier alpha value is -0.630. The van der Waals surface area contributed by atoms with Crippen molar-refractivity contribution in [1.82, 2.24) is 0 Å². The Morgan fingerprint density at radius 3 is 2.50 bits per heavy atom. The number of unbranched alkanes of at least 4 members (excludes halogenated alkanes) is 2. The molecule has 0 N–H and O–H groups in total. The van der Waals surface area contributed by atoms with E-state index < -0.39 is 0 Å². The predicted molar refractivity (Wildman–Crippen MR) is 59.4 cm³/mol. The van der Waals surface area contributed by atoms with Crippen LogP contribution in [-0.2, 0) is 9.53 Å². The first-order valence-corrected chi connectivity index (χ1v) is 5.29. The van der Waals surface area contributed by atoms with Gasteiger partial charge in [0.2, 0.25) is 0 Å². The second-order valence-electron chi connectivity index (χ2n) is 3.92. The van der Waals surface area contributed by atoms with Crippen LogP contribution in [0.1, 0.15) is 46.5 Å². The van der Waals surface area contributed by atoms with Gasteiger partial charge in [-0.2, -0.15) is 0 Å². The van der Waals surface area contributed by atoms with E-state index in [1.54, 1.807) is 20.1 Å². The largest absolute Gasteiger partial charge is 0.374 e. The standard InChI is InChI=1S/C12H22O2/c1-5-6-7-9-12(3,14-4)10-8-11(2)13/h8,10H,5-7,9H2,1-4H3/b10-8+. The third-order valence-corrected chi connectivity index (χ3v) is 2.41. The number of carbonyl (C=O) groups excluding carboxylic acids is 1. The number of allylic oxidation sites excluding steroid dienone is 1. The third kappa shape index (κ3) is 5.92. The van der Waals surface area contributed by atoms with Crippen LogP contribution in [0.15, 0.2) is 12.2 Å². The van der Waals surface area contributed by atoms with Gasteiger partial charge in [-0.1, -0.05) is 26.2 Å². The highest BCUT2D eigenvalue weighted by atomic mass is 16.5. The fourth-order valence-corrected chi connectivity index (χ4v) is 1.27. The zero-order valence-corrected chi connectivity index (χ0v) is 9.80. The summed E-state index contributed by atoms with van der Waals surface area (Å²) in [4.78, 5) is 10.8. The summed E-state index contributed by atoms with van der Waals surface area (Å²) in [5, 5.41) is 0. The maximum Gasteiger partial charge on any atom is 0.152 e. The molecule has 0 bridgehead atoms. The van der Waals surface area contributed by atoms with E-state index in [1.807, 2.05) is 13.0 Å². The molecule has 82 valence electrons. The molecule has 1 unspecified atom stereocenters. The molecule has 2 heteroatoms. The Kier molecular flexibility index (Phi) is 6.46. The number of hydrogen-bond acceptors (Lipinski definition) is 2. The van der Waals surface area contributed by atoms with Gasteiger partial charge in [-0.15, -0.1) is 0 Å². The predicted octanol–water partition coefficient (Wildman–Crippen LogP) is 3.12. The number of ether oxygens (including phenoxy) is 1. The molecule has 0 saturated carbocycles. The quantitative estimate of drug-likeness (QED) is 0.464. The van der Waals surface area contributed by atoms with Gasteiger partial charge in [0.25, 0.3) is 0 Å². The van der Waals surface area contributed by atoms with Crippen LogP contribution in [0, 0.1) is 0 Å². The normalized spacial score (nSPS) is 15.7. The van der Waals surface area contributed by atoms with Crippen LogP contribution in [0.25, 0.3) is 0 Å². The van der Waals surface area contributed by atoms with Crippen molar-refractivity contribution in [2.75, 3.05) is 7.11 Å². The van der Waals surface area contributed by atoms with Crippen LogP contribution in [0.3, 0.4) is 0 Å². The van der Waals surface area contributed by atoms with Crippen LogP contribution in [0.2, 0.25) is 0 Å². The van der Waals surface area contributed by atoms with Crippen LogP contribution in [0.5, 0.6) is 0 Å². The highest BCUT2D eigenvalue weighted by molar-refractivity contribution is 5.87. The highest BCUT2D eigenvalue weighted by Gasteiger charge is 2.18.